The van der Waals surface area contributed by atoms with Gasteiger partial charge in [-0.1, -0.05) is 13.3 Å². The zero-order valence-corrected chi connectivity index (χ0v) is 14.6. The van der Waals surface area contributed by atoms with Crippen LogP contribution in [0.2, 0.25) is 0 Å². The molecule has 4 nitrogen and oxygen atoms in total. The molecule has 0 aliphatic carbocycles. The molecule has 0 saturated carbocycles. The lowest BCUT2D eigenvalue weighted by Gasteiger charge is -2.37. The Balaban J connectivity index is 1.65. The Labute approximate surface area is 136 Å². The second-order valence-electron chi connectivity index (χ2n) is 7.59. The molecule has 2 aliphatic heterocycles. The van der Waals surface area contributed by atoms with E-state index >= 15 is 0 Å². The Hall–Kier alpha value is -0.610. The Morgan fingerprint density at radius 1 is 1.18 bits per heavy atom. The minimum absolute atomic E-state index is 0.157. The van der Waals surface area contributed by atoms with Crippen molar-refractivity contribution in [1.29, 1.82) is 0 Å². The first-order chi connectivity index (χ1) is 10.5. The molecule has 0 aromatic rings. The van der Waals surface area contributed by atoms with Crippen molar-refractivity contribution in [3.63, 3.8) is 0 Å². The molecule has 1 amide bonds. The Morgan fingerprint density at radius 3 is 2.41 bits per heavy atom. The van der Waals surface area contributed by atoms with E-state index in [4.69, 9.17) is 5.73 Å². The topological polar surface area (TPSA) is 49.6 Å². The number of nitrogens with zero attached hydrogens (tertiary/aromatic N) is 2. The molecule has 0 spiro atoms. The van der Waals surface area contributed by atoms with Gasteiger partial charge in [0, 0.05) is 13.1 Å². The summed E-state index contributed by atoms with van der Waals surface area (Å²) in [6, 6.07) is 0. The number of hydrogen-bond acceptors (Lipinski definition) is 3. The fourth-order valence-electron chi connectivity index (χ4n) is 4.02. The van der Waals surface area contributed by atoms with E-state index in [0.717, 1.165) is 44.7 Å². The quantitative estimate of drug-likeness (QED) is 0.786. The highest BCUT2D eigenvalue weighted by Crippen LogP contribution is 2.24. The number of piperidine rings is 1. The van der Waals surface area contributed by atoms with Crippen LogP contribution in [0.3, 0.4) is 0 Å². The number of amides is 1. The van der Waals surface area contributed by atoms with Gasteiger partial charge >= 0.3 is 0 Å². The maximum absolute atomic E-state index is 12.5. The summed E-state index contributed by atoms with van der Waals surface area (Å²) in [5.74, 6) is 0.965. The molecule has 0 aromatic heterocycles. The van der Waals surface area contributed by atoms with Crippen LogP contribution in [0.1, 0.15) is 65.2 Å². The second kappa shape index (κ2) is 8.30. The average molecular weight is 309 g/mol. The van der Waals surface area contributed by atoms with Crippen LogP contribution in [-0.2, 0) is 4.79 Å². The maximum Gasteiger partial charge on any atom is 0.242 e. The third kappa shape index (κ3) is 4.95. The molecule has 4 heteroatoms. The Morgan fingerprint density at radius 2 is 1.82 bits per heavy atom. The SMILES string of the molecule is CCCC(C)(N)C(=O)N1CCC(CCCN2CCCC2)CC1. The van der Waals surface area contributed by atoms with Crippen molar-refractivity contribution in [2.24, 2.45) is 11.7 Å². The van der Waals surface area contributed by atoms with Crippen LogP contribution < -0.4 is 5.73 Å². The van der Waals surface area contributed by atoms with Crippen LogP contribution in [0.4, 0.5) is 0 Å². The van der Waals surface area contributed by atoms with Gasteiger partial charge in [0.1, 0.15) is 0 Å². The number of carbonyl (C=O) groups is 1. The molecule has 22 heavy (non-hydrogen) atoms. The molecule has 2 aliphatic rings. The van der Waals surface area contributed by atoms with Gasteiger partial charge in [-0.05, 0) is 77.4 Å². The normalized spacial score (nSPS) is 23.7. The minimum Gasteiger partial charge on any atom is -0.341 e. The summed E-state index contributed by atoms with van der Waals surface area (Å²) in [5, 5.41) is 0. The molecule has 2 fully saturated rings. The Bertz CT molecular complexity index is 342. The number of likely N-dealkylation sites (tertiary alicyclic amines) is 2. The van der Waals surface area contributed by atoms with Crippen LogP contribution >= 0.6 is 0 Å². The number of carbonyl (C=O) groups excluding carboxylic acids is 1. The molecule has 1 unspecified atom stereocenters. The van der Waals surface area contributed by atoms with Gasteiger partial charge in [-0.15, -0.1) is 0 Å². The highest BCUT2D eigenvalue weighted by Gasteiger charge is 2.33. The smallest absolute Gasteiger partial charge is 0.242 e. The summed E-state index contributed by atoms with van der Waals surface area (Å²) in [4.78, 5) is 17.1. The minimum atomic E-state index is -0.669. The van der Waals surface area contributed by atoms with Crippen molar-refractivity contribution in [3.8, 4) is 0 Å². The van der Waals surface area contributed by atoms with Crippen LogP contribution in [-0.4, -0.2) is 54.0 Å². The fraction of sp³-hybridized carbons (Fsp3) is 0.944. The van der Waals surface area contributed by atoms with Gasteiger partial charge in [0.2, 0.25) is 5.91 Å². The summed E-state index contributed by atoms with van der Waals surface area (Å²) in [7, 11) is 0. The van der Waals surface area contributed by atoms with Crippen LogP contribution in [0, 0.1) is 5.92 Å². The predicted molar refractivity (Wildman–Crippen MR) is 91.7 cm³/mol. The van der Waals surface area contributed by atoms with Crippen molar-refractivity contribution in [3.05, 3.63) is 0 Å². The van der Waals surface area contributed by atoms with E-state index in [2.05, 4.69) is 11.8 Å². The zero-order chi connectivity index (χ0) is 16.0. The van der Waals surface area contributed by atoms with E-state index in [-0.39, 0.29) is 5.91 Å². The van der Waals surface area contributed by atoms with Crippen molar-refractivity contribution in [2.45, 2.75) is 70.8 Å². The molecule has 2 rings (SSSR count). The van der Waals surface area contributed by atoms with Crippen LogP contribution in [0.15, 0.2) is 0 Å². The van der Waals surface area contributed by atoms with Gasteiger partial charge in [-0.2, -0.15) is 0 Å². The third-order valence-electron chi connectivity index (χ3n) is 5.45. The van der Waals surface area contributed by atoms with E-state index in [1.54, 1.807) is 0 Å². The highest BCUT2D eigenvalue weighted by atomic mass is 16.2. The van der Waals surface area contributed by atoms with E-state index in [1.165, 1.54) is 45.3 Å². The standard InChI is InChI=1S/C18H35N3O/c1-3-10-18(2,19)17(22)21-14-8-16(9-15-21)7-6-13-20-11-4-5-12-20/h16H,3-15,19H2,1-2H3. The van der Waals surface area contributed by atoms with Crippen LogP contribution in [0.25, 0.3) is 0 Å². The third-order valence-corrected chi connectivity index (χ3v) is 5.45. The van der Waals surface area contributed by atoms with Gasteiger partial charge in [0.15, 0.2) is 0 Å². The maximum atomic E-state index is 12.5. The van der Waals surface area contributed by atoms with Crippen molar-refractivity contribution >= 4 is 5.91 Å². The van der Waals surface area contributed by atoms with Crippen molar-refractivity contribution in [2.75, 3.05) is 32.7 Å². The summed E-state index contributed by atoms with van der Waals surface area (Å²) >= 11 is 0. The highest BCUT2D eigenvalue weighted by molar-refractivity contribution is 5.85. The predicted octanol–water partition coefficient (Wildman–Crippen LogP) is 2.62. The molecule has 2 saturated heterocycles. The first-order valence-corrected chi connectivity index (χ1v) is 9.33. The molecule has 0 radical (unpaired) electrons. The van der Waals surface area contributed by atoms with Crippen LogP contribution in [0.5, 0.6) is 0 Å². The van der Waals surface area contributed by atoms with E-state index < -0.39 is 5.54 Å². The second-order valence-corrected chi connectivity index (χ2v) is 7.59. The number of hydrogen-bond donors (Lipinski definition) is 1. The lowest BCUT2D eigenvalue weighted by Crippen LogP contribution is -2.54. The molecular weight excluding hydrogens is 274 g/mol. The molecule has 2 heterocycles. The van der Waals surface area contributed by atoms with Gasteiger partial charge in [0.25, 0.3) is 0 Å². The molecule has 0 bridgehead atoms. The number of nitrogens with two attached hydrogens (primary N) is 1. The molecular formula is C18H35N3O. The molecule has 2 N–H and O–H groups in total. The largest absolute Gasteiger partial charge is 0.341 e. The van der Waals surface area contributed by atoms with Gasteiger partial charge < -0.3 is 15.5 Å². The summed E-state index contributed by atoms with van der Waals surface area (Å²) < 4.78 is 0. The number of rotatable bonds is 7. The lowest BCUT2D eigenvalue weighted by atomic mass is 9.89. The van der Waals surface area contributed by atoms with Crippen molar-refractivity contribution < 1.29 is 4.79 Å². The zero-order valence-electron chi connectivity index (χ0n) is 14.6. The summed E-state index contributed by atoms with van der Waals surface area (Å²) in [6.45, 7) is 9.68. The average Bonchev–Trinajstić information content (AvgIpc) is 3.00. The van der Waals surface area contributed by atoms with Gasteiger partial charge in [-0.25, -0.2) is 0 Å². The Kier molecular flexibility index (Phi) is 6.69. The fourth-order valence-corrected chi connectivity index (χ4v) is 4.02. The first-order valence-electron chi connectivity index (χ1n) is 9.33. The molecule has 128 valence electrons. The van der Waals surface area contributed by atoms with E-state index in [0.29, 0.717) is 0 Å². The van der Waals surface area contributed by atoms with E-state index in [9.17, 15) is 4.79 Å². The summed E-state index contributed by atoms with van der Waals surface area (Å²) in [5.41, 5.74) is 5.52. The monoisotopic (exact) mass is 309 g/mol. The van der Waals surface area contributed by atoms with Crippen molar-refractivity contribution in [1.82, 2.24) is 9.80 Å². The molecule has 1 atom stereocenters. The van der Waals surface area contributed by atoms with Gasteiger partial charge in [-0.3, -0.25) is 4.79 Å². The molecule has 0 aromatic carbocycles. The van der Waals surface area contributed by atoms with Gasteiger partial charge in [0.05, 0.1) is 5.54 Å². The lowest BCUT2D eigenvalue weighted by molar-refractivity contribution is -0.138. The first kappa shape index (κ1) is 17.7. The van der Waals surface area contributed by atoms with E-state index in [1.807, 2.05) is 11.8 Å². The summed E-state index contributed by atoms with van der Waals surface area (Å²) in [6.07, 6.45) is 9.48.